The fraction of sp³-hybridized carbons (Fsp3) is 0.0909. The van der Waals surface area contributed by atoms with Gasteiger partial charge < -0.3 is 5.32 Å². The molecule has 2 heterocycles. The lowest BCUT2D eigenvalue weighted by Gasteiger charge is -2.10. The Labute approximate surface area is 185 Å². The normalized spacial score (nSPS) is 11.2. The molecule has 2 aromatic heterocycles. The molecule has 32 heavy (non-hydrogen) atoms. The van der Waals surface area contributed by atoms with E-state index in [2.05, 4.69) is 30.2 Å². The van der Waals surface area contributed by atoms with Gasteiger partial charge in [0.05, 0.1) is 5.69 Å². The van der Waals surface area contributed by atoms with Gasteiger partial charge in [0, 0.05) is 36.5 Å². The fourth-order valence-electron chi connectivity index (χ4n) is 3.00. The Hall–Kier alpha value is -3.89. The molecule has 0 aliphatic heterocycles. The fourth-order valence-corrected chi connectivity index (χ4v) is 3.99. The molecule has 10 heteroatoms. The lowest BCUT2D eigenvalue weighted by molar-refractivity contribution is -0.116. The van der Waals surface area contributed by atoms with Gasteiger partial charge in [-0.05, 0) is 24.3 Å². The molecule has 162 valence electrons. The summed E-state index contributed by atoms with van der Waals surface area (Å²) in [6.07, 6.45) is 2.69. The van der Waals surface area contributed by atoms with Gasteiger partial charge in [0.1, 0.15) is 4.90 Å². The van der Waals surface area contributed by atoms with Gasteiger partial charge in [-0.1, -0.05) is 42.5 Å². The average molecular weight is 449 g/mol. The maximum Gasteiger partial charge on any atom is 0.242 e. The van der Waals surface area contributed by atoms with Crippen molar-refractivity contribution in [3.8, 4) is 22.8 Å². The van der Waals surface area contributed by atoms with E-state index in [-0.39, 0.29) is 23.8 Å². The number of carbonyl (C=O) groups excluding carboxylic acids is 1. The Morgan fingerprint density at radius 3 is 2.53 bits per heavy atom. The Morgan fingerprint density at radius 1 is 0.969 bits per heavy atom. The van der Waals surface area contributed by atoms with E-state index >= 15 is 0 Å². The zero-order valence-corrected chi connectivity index (χ0v) is 17.7. The maximum atomic E-state index is 12.4. The second kappa shape index (κ2) is 9.50. The first kappa shape index (κ1) is 21.3. The highest BCUT2D eigenvalue weighted by Crippen LogP contribution is 2.26. The lowest BCUT2D eigenvalue weighted by Crippen LogP contribution is -2.28. The summed E-state index contributed by atoms with van der Waals surface area (Å²) in [4.78, 5) is 20.8. The molecular weight excluding hydrogens is 428 g/mol. The molecule has 9 nitrogen and oxygen atoms in total. The average Bonchev–Trinajstić information content (AvgIpc) is 3.31. The molecule has 0 unspecified atom stereocenters. The van der Waals surface area contributed by atoms with Crippen molar-refractivity contribution in [2.75, 3.05) is 11.9 Å². The highest BCUT2D eigenvalue weighted by molar-refractivity contribution is 7.89. The van der Waals surface area contributed by atoms with Gasteiger partial charge in [-0.3, -0.25) is 14.9 Å². The zero-order chi connectivity index (χ0) is 22.4. The zero-order valence-electron chi connectivity index (χ0n) is 16.9. The minimum atomic E-state index is -3.72. The molecule has 0 saturated heterocycles. The van der Waals surface area contributed by atoms with Gasteiger partial charge in [-0.2, -0.15) is 5.10 Å². The van der Waals surface area contributed by atoms with Crippen molar-refractivity contribution in [1.29, 1.82) is 0 Å². The van der Waals surface area contributed by atoms with Crippen LogP contribution < -0.4 is 10.0 Å². The molecule has 1 amide bonds. The lowest BCUT2D eigenvalue weighted by atomic mass is 10.1. The van der Waals surface area contributed by atoms with Crippen LogP contribution in [0.5, 0.6) is 0 Å². The summed E-state index contributed by atoms with van der Waals surface area (Å²) < 4.78 is 26.9. The number of hydrogen-bond donors (Lipinski definition) is 3. The number of carbonyl (C=O) groups is 1. The van der Waals surface area contributed by atoms with Crippen molar-refractivity contribution < 1.29 is 13.2 Å². The number of hydrogen-bond acceptors (Lipinski definition) is 6. The molecule has 3 N–H and O–H groups in total. The van der Waals surface area contributed by atoms with Crippen LogP contribution in [-0.4, -0.2) is 41.0 Å². The van der Waals surface area contributed by atoms with Crippen molar-refractivity contribution in [2.45, 2.75) is 11.3 Å². The van der Waals surface area contributed by atoms with E-state index < -0.39 is 10.0 Å². The van der Waals surface area contributed by atoms with Crippen molar-refractivity contribution in [3.05, 3.63) is 79.1 Å². The Bertz CT molecular complexity index is 1310. The van der Waals surface area contributed by atoms with E-state index in [1.807, 2.05) is 42.5 Å². The van der Waals surface area contributed by atoms with Crippen LogP contribution in [0.15, 0.2) is 84.0 Å². The number of anilines is 1. The molecule has 0 fully saturated rings. The van der Waals surface area contributed by atoms with Gasteiger partial charge in [0.2, 0.25) is 15.9 Å². The Kier molecular flexibility index (Phi) is 6.34. The first-order valence-electron chi connectivity index (χ1n) is 9.80. The van der Waals surface area contributed by atoms with E-state index in [1.165, 1.54) is 24.5 Å². The molecule has 4 rings (SSSR count). The predicted molar refractivity (Wildman–Crippen MR) is 120 cm³/mol. The minimum absolute atomic E-state index is 0.0422. The third-order valence-electron chi connectivity index (χ3n) is 4.56. The number of rotatable bonds is 8. The van der Waals surface area contributed by atoms with Crippen LogP contribution in [0.3, 0.4) is 0 Å². The van der Waals surface area contributed by atoms with E-state index in [1.54, 1.807) is 12.1 Å². The first-order valence-corrected chi connectivity index (χ1v) is 11.3. The molecule has 0 saturated carbocycles. The van der Waals surface area contributed by atoms with Gasteiger partial charge in [0.15, 0.2) is 11.6 Å². The molecule has 0 spiro atoms. The minimum Gasteiger partial charge on any atom is -0.325 e. The summed E-state index contributed by atoms with van der Waals surface area (Å²) in [6.45, 7) is -0.0499. The largest absolute Gasteiger partial charge is 0.325 e. The quantitative estimate of drug-likeness (QED) is 0.380. The number of para-hydroxylation sites is 1. The van der Waals surface area contributed by atoms with Crippen LogP contribution in [0.2, 0.25) is 0 Å². The first-order chi connectivity index (χ1) is 15.5. The summed E-state index contributed by atoms with van der Waals surface area (Å²) in [5.41, 5.74) is 2.09. The molecular formula is C22H20N6O3S. The van der Waals surface area contributed by atoms with Crippen molar-refractivity contribution in [3.63, 3.8) is 0 Å². The Balaban J connectivity index is 1.41. The predicted octanol–water partition coefficient (Wildman–Crippen LogP) is 2.84. The smallest absolute Gasteiger partial charge is 0.242 e. The highest BCUT2D eigenvalue weighted by atomic mass is 32.2. The molecule has 0 aliphatic rings. The number of sulfonamides is 1. The SMILES string of the molecule is O=C(CCNS(=O)(=O)c1cccnc1)Nc1ccccc1-c1nc(-c2ccccc2)n[nH]1. The van der Waals surface area contributed by atoms with E-state index in [4.69, 9.17) is 0 Å². The summed E-state index contributed by atoms with van der Waals surface area (Å²) in [5.74, 6) is 0.720. The van der Waals surface area contributed by atoms with Crippen molar-refractivity contribution >= 4 is 21.6 Å². The van der Waals surface area contributed by atoms with E-state index in [0.29, 0.717) is 22.9 Å². The molecule has 0 aliphatic carbocycles. The topological polar surface area (TPSA) is 130 Å². The molecule has 0 atom stereocenters. The molecule has 2 aromatic carbocycles. The van der Waals surface area contributed by atoms with Crippen molar-refractivity contribution in [2.24, 2.45) is 0 Å². The number of benzene rings is 2. The number of amides is 1. The number of nitrogens with zero attached hydrogens (tertiary/aromatic N) is 3. The van der Waals surface area contributed by atoms with Crippen LogP contribution in [-0.2, 0) is 14.8 Å². The van der Waals surface area contributed by atoms with Crippen LogP contribution >= 0.6 is 0 Å². The van der Waals surface area contributed by atoms with Crippen LogP contribution in [0, 0.1) is 0 Å². The standard InChI is InChI=1S/C22H20N6O3S/c29-20(12-14-24-32(30,31)17-9-6-13-23-15-17)25-19-11-5-4-10-18(19)22-26-21(27-28-22)16-7-2-1-3-8-16/h1-11,13,15,24H,12,14H2,(H,25,29)(H,26,27,28). The number of nitrogens with one attached hydrogen (secondary N) is 3. The van der Waals surface area contributed by atoms with E-state index in [9.17, 15) is 13.2 Å². The number of H-pyrrole nitrogens is 1. The van der Waals surface area contributed by atoms with Crippen LogP contribution in [0.25, 0.3) is 22.8 Å². The highest BCUT2D eigenvalue weighted by Gasteiger charge is 2.16. The van der Waals surface area contributed by atoms with Crippen LogP contribution in [0.4, 0.5) is 5.69 Å². The number of aromatic nitrogens is 4. The molecule has 4 aromatic rings. The Morgan fingerprint density at radius 2 is 1.75 bits per heavy atom. The summed E-state index contributed by atoms with van der Waals surface area (Å²) in [6, 6.07) is 19.7. The third-order valence-corrected chi connectivity index (χ3v) is 6.01. The van der Waals surface area contributed by atoms with Crippen molar-refractivity contribution in [1.82, 2.24) is 24.9 Å². The summed E-state index contributed by atoms with van der Waals surface area (Å²) in [7, 11) is -3.72. The van der Waals surface area contributed by atoms with Gasteiger partial charge in [-0.15, -0.1) is 0 Å². The van der Waals surface area contributed by atoms with Gasteiger partial charge >= 0.3 is 0 Å². The molecule has 0 bridgehead atoms. The van der Waals surface area contributed by atoms with Crippen LogP contribution in [0.1, 0.15) is 6.42 Å². The second-order valence-electron chi connectivity index (χ2n) is 6.80. The third kappa shape index (κ3) is 5.05. The monoisotopic (exact) mass is 448 g/mol. The number of aromatic amines is 1. The van der Waals surface area contributed by atoms with Gasteiger partial charge in [0.25, 0.3) is 0 Å². The summed E-state index contributed by atoms with van der Waals surface area (Å²) in [5, 5.41) is 9.97. The maximum absolute atomic E-state index is 12.4. The van der Waals surface area contributed by atoms with E-state index in [0.717, 1.165) is 5.56 Å². The molecule has 0 radical (unpaired) electrons. The van der Waals surface area contributed by atoms with Gasteiger partial charge in [-0.25, -0.2) is 18.1 Å². The summed E-state index contributed by atoms with van der Waals surface area (Å²) >= 11 is 0. The number of pyridine rings is 1. The second-order valence-corrected chi connectivity index (χ2v) is 8.57.